The Morgan fingerprint density at radius 1 is 1.47 bits per heavy atom. The molecule has 3 nitrogen and oxygen atoms in total. The summed E-state index contributed by atoms with van der Waals surface area (Å²) >= 11 is 0. The van der Waals surface area contributed by atoms with Gasteiger partial charge in [-0.2, -0.15) is 0 Å². The van der Waals surface area contributed by atoms with Gasteiger partial charge in [-0.1, -0.05) is 33.1 Å². The van der Waals surface area contributed by atoms with Crippen LogP contribution in [0.4, 0.5) is 0 Å². The molecule has 0 saturated heterocycles. The molecule has 1 saturated carbocycles. The lowest BCUT2D eigenvalue weighted by Crippen LogP contribution is -2.41. The fraction of sp³-hybridized carbons (Fsp3) is 0.917. The van der Waals surface area contributed by atoms with Crippen LogP contribution < -0.4 is 5.32 Å². The highest BCUT2D eigenvalue weighted by atomic mass is 16.4. The molecule has 0 aromatic rings. The summed E-state index contributed by atoms with van der Waals surface area (Å²) in [5.41, 5.74) is 0. The van der Waals surface area contributed by atoms with Crippen LogP contribution in [-0.4, -0.2) is 23.7 Å². The van der Waals surface area contributed by atoms with Gasteiger partial charge in [-0.15, -0.1) is 0 Å². The first-order valence-electron chi connectivity index (χ1n) is 6.11. The number of aliphatic carboxylic acids is 1. The second kappa shape index (κ2) is 6.11. The zero-order valence-corrected chi connectivity index (χ0v) is 9.83. The van der Waals surface area contributed by atoms with Crippen molar-refractivity contribution in [3.05, 3.63) is 0 Å². The number of carbonyl (C=O) groups is 1. The standard InChI is InChI=1S/C12H23NO2/c1-3-10-6-4-5-7-11(10)13-8-9(2)12(14)15/h9-11,13H,3-8H2,1-2H3,(H,14,15). The molecule has 2 N–H and O–H groups in total. The van der Waals surface area contributed by atoms with Crippen LogP contribution in [0.2, 0.25) is 0 Å². The number of carboxylic acid groups (broad SMARTS) is 1. The zero-order chi connectivity index (χ0) is 11.3. The molecule has 1 aliphatic carbocycles. The molecule has 1 fully saturated rings. The highest BCUT2D eigenvalue weighted by Crippen LogP contribution is 2.26. The van der Waals surface area contributed by atoms with Crippen LogP contribution in [-0.2, 0) is 4.79 Å². The van der Waals surface area contributed by atoms with E-state index in [1.807, 2.05) is 0 Å². The van der Waals surface area contributed by atoms with Gasteiger partial charge >= 0.3 is 5.97 Å². The van der Waals surface area contributed by atoms with Gasteiger partial charge < -0.3 is 10.4 Å². The minimum atomic E-state index is -0.702. The first kappa shape index (κ1) is 12.5. The van der Waals surface area contributed by atoms with Gasteiger partial charge in [0.1, 0.15) is 0 Å². The van der Waals surface area contributed by atoms with E-state index in [4.69, 9.17) is 5.11 Å². The molecule has 0 spiro atoms. The molecule has 15 heavy (non-hydrogen) atoms. The Balaban J connectivity index is 2.32. The summed E-state index contributed by atoms with van der Waals surface area (Å²) in [6, 6.07) is 0.547. The van der Waals surface area contributed by atoms with E-state index in [2.05, 4.69) is 12.2 Å². The third kappa shape index (κ3) is 3.82. The fourth-order valence-electron chi connectivity index (χ4n) is 2.38. The van der Waals surface area contributed by atoms with Crippen molar-refractivity contribution in [1.82, 2.24) is 5.32 Å². The minimum Gasteiger partial charge on any atom is -0.481 e. The van der Waals surface area contributed by atoms with Crippen LogP contribution in [0.3, 0.4) is 0 Å². The predicted molar refractivity (Wildman–Crippen MR) is 60.8 cm³/mol. The van der Waals surface area contributed by atoms with Crippen LogP contribution in [0, 0.1) is 11.8 Å². The van der Waals surface area contributed by atoms with Gasteiger partial charge in [0.25, 0.3) is 0 Å². The summed E-state index contributed by atoms with van der Waals surface area (Å²) < 4.78 is 0. The van der Waals surface area contributed by atoms with Crippen molar-refractivity contribution in [3.63, 3.8) is 0 Å². The molecule has 88 valence electrons. The Kier molecular flexibility index (Phi) is 5.09. The first-order chi connectivity index (χ1) is 7.15. The lowest BCUT2D eigenvalue weighted by Gasteiger charge is -2.32. The van der Waals surface area contributed by atoms with E-state index in [0.29, 0.717) is 12.6 Å². The molecule has 1 rings (SSSR count). The molecule has 0 bridgehead atoms. The van der Waals surface area contributed by atoms with Gasteiger partial charge in [0.05, 0.1) is 5.92 Å². The Hall–Kier alpha value is -0.570. The van der Waals surface area contributed by atoms with Gasteiger partial charge in [0, 0.05) is 12.6 Å². The van der Waals surface area contributed by atoms with Crippen molar-refractivity contribution in [1.29, 1.82) is 0 Å². The maximum absolute atomic E-state index is 10.7. The summed E-state index contributed by atoms with van der Waals surface area (Å²) in [5, 5.41) is 12.2. The molecular formula is C12H23NO2. The second-order valence-corrected chi connectivity index (χ2v) is 4.71. The number of carboxylic acids is 1. The van der Waals surface area contributed by atoms with Crippen molar-refractivity contribution >= 4 is 5.97 Å². The van der Waals surface area contributed by atoms with Crippen LogP contribution in [0.5, 0.6) is 0 Å². The summed E-state index contributed by atoms with van der Waals surface area (Å²) in [5.74, 6) is -0.226. The molecule has 3 atom stereocenters. The average Bonchev–Trinajstić information content (AvgIpc) is 2.26. The lowest BCUT2D eigenvalue weighted by atomic mass is 9.83. The average molecular weight is 213 g/mol. The number of nitrogens with one attached hydrogen (secondary N) is 1. The second-order valence-electron chi connectivity index (χ2n) is 4.71. The SMILES string of the molecule is CCC1CCCCC1NCC(C)C(=O)O. The van der Waals surface area contributed by atoms with E-state index in [1.54, 1.807) is 6.92 Å². The Morgan fingerprint density at radius 3 is 2.73 bits per heavy atom. The molecule has 0 aromatic heterocycles. The van der Waals surface area contributed by atoms with E-state index in [1.165, 1.54) is 32.1 Å². The molecule has 0 aromatic carbocycles. The fourth-order valence-corrected chi connectivity index (χ4v) is 2.38. The Morgan fingerprint density at radius 2 is 2.13 bits per heavy atom. The topological polar surface area (TPSA) is 49.3 Å². The van der Waals surface area contributed by atoms with E-state index in [9.17, 15) is 4.79 Å². The van der Waals surface area contributed by atoms with Crippen LogP contribution in [0.1, 0.15) is 46.0 Å². The molecule has 1 aliphatic rings. The third-order valence-corrected chi connectivity index (χ3v) is 3.54. The maximum Gasteiger partial charge on any atom is 0.307 e. The smallest absolute Gasteiger partial charge is 0.307 e. The lowest BCUT2D eigenvalue weighted by molar-refractivity contribution is -0.141. The largest absolute Gasteiger partial charge is 0.481 e. The maximum atomic E-state index is 10.7. The van der Waals surface area contributed by atoms with Gasteiger partial charge in [0.2, 0.25) is 0 Å². The summed E-state index contributed by atoms with van der Waals surface area (Å²) in [6.07, 6.45) is 6.35. The molecular weight excluding hydrogens is 190 g/mol. The number of hydrogen-bond acceptors (Lipinski definition) is 2. The molecule has 0 radical (unpaired) electrons. The van der Waals surface area contributed by atoms with Crippen LogP contribution in [0.25, 0.3) is 0 Å². The third-order valence-electron chi connectivity index (χ3n) is 3.54. The number of rotatable bonds is 5. The molecule has 3 unspecified atom stereocenters. The molecule has 0 aliphatic heterocycles. The van der Waals surface area contributed by atoms with E-state index < -0.39 is 5.97 Å². The summed E-state index contributed by atoms with van der Waals surface area (Å²) in [7, 11) is 0. The first-order valence-corrected chi connectivity index (χ1v) is 6.11. The van der Waals surface area contributed by atoms with Gasteiger partial charge in [-0.25, -0.2) is 0 Å². The summed E-state index contributed by atoms with van der Waals surface area (Å²) in [4.78, 5) is 10.7. The van der Waals surface area contributed by atoms with E-state index in [-0.39, 0.29) is 5.92 Å². The van der Waals surface area contributed by atoms with Crippen LogP contribution in [0.15, 0.2) is 0 Å². The normalized spacial score (nSPS) is 28.7. The van der Waals surface area contributed by atoms with Gasteiger partial charge in [-0.05, 0) is 18.8 Å². The Bertz CT molecular complexity index is 206. The van der Waals surface area contributed by atoms with Crippen molar-refractivity contribution in [2.24, 2.45) is 11.8 Å². The molecule has 0 heterocycles. The highest BCUT2D eigenvalue weighted by molar-refractivity contribution is 5.69. The monoisotopic (exact) mass is 213 g/mol. The van der Waals surface area contributed by atoms with E-state index in [0.717, 1.165) is 5.92 Å². The van der Waals surface area contributed by atoms with Crippen molar-refractivity contribution < 1.29 is 9.90 Å². The molecule has 0 amide bonds. The van der Waals surface area contributed by atoms with Crippen molar-refractivity contribution in [2.45, 2.75) is 52.0 Å². The van der Waals surface area contributed by atoms with Gasteiger partial charge in [-0.3, -0.25) is 4.79 Å². The zero-order valence-electron chi connectivity index (χ0n) is 9.83. The minimum absolute atomic E-state index is 0.274. The highest BCUT2D eigenvalue weighted by Gasteiger charge is 2.24. The quantitative estimate of drug-likeness (QED) is 0.736. The Labute approximate surface area is 92.3 Å². The van der Waals surface area contributed by atoms with Crippen molar-refractivity contribution in [3.8, 4) is 0 Å². The predicted octanol–water partition coefficient (Wildman–Crippen LogP) is 2.27. The van der Waals surface area contributed by atoms with Crippen molar-refractivity contribution in [2.75, 3.05) is 6.54 Å². The summed E-state index contributed by atoms with van der Waals surface area (Å²) in [6.45, 7) is 4.60. The van der Waals surface area contributed by atoms with Gasteiger partial charge in [0.15, 0.2) is 0 Å². The van der Waals surface area contributed by atoms with E-state index >= 15 is 0 Å². The molecule has 3 heteroatoms. The number of hydrogen-bond donors (Lipinski definition) is 2. The van der Waals surface area contributed by atoms with Crippen LogP contribution >= 0.6 is 0 Å².